The first kappa shape index (κ1) is 23.4. The molecule has 3 atom stereocenters. The maximum absolute atomic E-state index is 13.2. The largest absolute Gasteiger partial charge is 0.481 e. The lowest BCUT2D eigenvalue weighted by Crippen LogP contribution is -2.52. The predicted molar refractivity (Wildman–Crippen MR) is 97.8 cm³/mol. The summed E-state index contributed by atoms with van der Waals surface area (Å²) in [6, 6.07) is 2.49. The SMILES string of the molecule is CC(=O)N[C@@H](Cc1ccc(C(F)(F)P)cc1)C(=O)N[C@H](CCC(=O)O)C(=O)O. The molecule has 0 radical (unpaired) electrons. The van der Waals surface area contributed by atoms with Crippen molar-refractivity contribution in [3.63, 3.8) is 0 Å². The molecule has 0 saturated carbocycles. The van der Waals surface area contributed by atoms with Gasteiger partial charge in [0.05, 0.1) is 0 Å². The van der Waals surface area contributed by atoms with Crippen LogP contribution < -0.4 is 10.6 Å². The lowest BCUT2D eigenvalue weighted by atomic mass is 10.0. The molecule has 1 aromatic carbocycles. The van der Waals surface area contributed by atoms with E-state index in [1.807, 2.05) is 0 Å². The van der Waals surface area contributed by atoms with Gasteiger partial charge in [-0.1, -0.05) is 33.5 Å². The molecule has 1 aromatic rings. The van der Waals surface area contributed by atoms with Gasteiger partial charge >= 0.3 is 11.9 Å². The van der Waals surface area contributed by atoms with E-state index in [1.165, 1.54) is 33.5 Å². The second-order valence-electron chi connectivity index (χ2n) is 6.11. The molecule has 0 aromatic heterocycles. The monoisotopic (exact) mass is 418 g/mol. The van der Waals surface area contributed by atoms with E-state index in [2.05, 4.69) is 10.6 Å². The zero-order chi connectivity index (χ0) is 21.5. The third-order valence-corrected chi connectivity index (χ3v) is 4.07. The lowest BCUT2D eigenvalue weighted by molar-refractivity contribution is -0.143. The Bertz CT molecular complexity index is 736. The summed E-state index contributed by atoms with van der Waals surface area (Å²) in [6.45, 7) is 1.16. The van der Waals surface area contributed by atoms with Gasteiger partial charge in [-0.2, -0.15) is 8.78 Å². The van der Waals surface area contributed by atoms with Crippen LogP contribution >= 0.6 is 9.24 Å². The van der Waals surface area contributed by atoms with Crippen LogP contribution in [0, 0.1) is 0 Å². The van der Waals surface area contributed by atoms with Crippen LogP contribution in [0.3, 0.4) is 0 Å². The lowest BCUT2D eigenvalue weighted by Gasteiger charge is -2.21. The first-order chi connectivity index (χ1) is 12.9. The fraction of sp³-hybridized carbons (Fsp3) is 0.412. The maximum atomic E-state index is 13.2. The Morgan fingerprint density at radius 2 is 1.64 bits per heavy atom. The zero-order valence-electron chi connectivity index (χ0n) is 14.9. The van der Waals surface area contributed by atoms with Crippen LogP contribution in [0.15, 0.2) is 24.3 Å². The molecule has 0 aliphatic carbocycles. The third kappa shape index (κ3) is 7.96. The van der Waals surface area contributed by atoms with Gasteiger partial charge in [-0.15, -0.1) is 0 Å². The van der Waals surface area contributed by atoms with E-state index in [9.17, 15) is 28.0 Å². The van der Waals surface area contributed by atoms with Gasteiger partial charge in [0.15, 0.2) is 0 Å². The quantitative estimate of drug-likeness (QED) is 0.421. The number of aliphatic carboxylic acids is 2. The highest BCUT2D eigenvalue weighted by atomic mass is 31.0. The summed E-state index contributed by atoms with van der Waals surface area (Å²) < 4.78 is 26.5. The van der Waals surface area contributed by atoms with Crippen LogP contribution in [0.5, 0.6) is 0 Å². The first-order valence-corrected chi connectivity index (χ1v) is 8.76. The molecule has 0 spiro atoms. The molecule has 4 N–H and O–H groups in total. The Morgan fingerprint density at radius 3 is 2.07 bits per heavy atom. The summed E-state index contributed by atoms with van der Waals surface area (Å²) in [7, 11) is 1.41. The van der Waals surface area contributed by atoms with Gasteiger partial charge in [-0.25, -0.2) is 4.79 Å². The highest BCUT2D eigenvalue weighted by Gasteiger charge is 2.27. The second-order valence-corrected chi connectivity index (χ2v) is 6.83. The molecule has 1 unspecified atom stereocenters. The van der Waals surface area contributed by atoms with Crippen molar-refractivity contribution in [1.82, 2.24) is 10.6 Å². The van der Waals surface area contributed by atoms with E-state index < -0.39 is 47.9 Å². The average molecular weight is 418 g/mol. The predicted octanol–water partition coefficient (Wildman–Crippen LogP) is 1.09. The van der Waals surface area contributed by atoms with E-state index in [4.69, 9.17) is 10.2 Å². The number of carboxylic acid groups (broad SMARTS) is 2. The average Bonchev–Trinajstić information content (AvgIpc) is 2.56. The molecule has 0 heterocycles. The minimum absolute atomic E-state index is 0.0700. The molecule has 2 amide bonds. The molecule has 0 aliphatic heterocycles. The van der Waals surface area contributed by atoms with Crippen LogP contribution in [0.2, 0.25) is 0 Å². The van der Waals surface area contributed by atoms with Crippen LogP contribution in [0.25, 0.3) is 0 Å². The summed E-state index contributed by atoms with van der Waals surface area (Å²) in [5, 5.41) is 22.4. The summed E-state index contributed by atoms with van der Waals surface area (Å²) in [4.78, 5) is 45.6. The fourth-order valence-electron chi connectivity index (χ4n) is 2.35. The summed E-state index contributed by atoms with van der Waals surface area (Å²) >= 11 is 0. The zero-order valence-corrected chi connectivity index (χ0v) is 16.1. The van der Waals surface area contributed by atoms with Gasteiger partial charge in [-0.3, -0.25) is 14.4 Å². The summed E-state index contributed by atoms with van der Waals surface area (Å²) in [5.74, 6) is -4.01. The second kappa shape index (κ2) is 10.1. The number of hydrogen-bond donors (Lipinski definition) is 4. The Kier molecular flexibility index (Phi) is 8.43. The number of benzene rings is 1. The Hall–Kier alpha value is -2.61. The molecular weight excluding hydrogens is 397 g/mol. The number of carboxylic acids is 2. The van der Waals surface area contributed by atoms with Gasteiger partial charge in [0.2, 0.25) is 11.8 Å². The molecule has 11 heteroatoms. The Morgan fingerprint density at radius 1 is 1.07 bits per heavy atom. The van der Waals surface area contributed by atoms with Gasteiger partial charge in [-0.05, 0) is 12.0 Å². The van der Waals surface area contributed by atoms with E-state index in [0.29, 0.717) is 5.56 Å². The molecule has 28 heavy (non-hydrogen) atoms. The number of halogens is 2. The minimum Gasteiger partial charge on any atom is -0.481 e. The number of alkyl halides is 2. The maximum Gasteiger partial charge on any atom is 0.326 e. The molecule has 1 rings (SSSR count). The topological polar surface area (TPSA) is 133 Å². The molecule has 154 valence electrons. The van der Waals surface area contributed by atoms with Crippen LogP contribution in [0.4, 0.5) is 8.78 Å². The minimum atomic E-state index is -3.11. The highest BCUT2D eigenvalue weighted by molar-refractivity contribution is 7.17. The van der Waals surface area contributed by atoms with Gasteiger partial charge in [0.25, 0.3) is 5.66 Å². The molecule has 0 aliphatic rings. The normalized spacial score (nSPS) is 13.3. The Balaban J connectivity index is 2.91. The van der Waals surface area contributed by atoms with Crippen molar-refractivity contribution < 1.29 is 38.2 Å². The standard InChI is InChI=1S/C17H21F2N2O6P/c1-9(22)20-13(8-10-2-4-11(5-3-10)17(18,19)28)15(25)21-12(16(26)27)6-7-14(23)24/h2-5,12-13H,6-8,28H2,1H3,(H,20,22)(H,21,25)(H,23,24)(H,26,27)/t12-,13+/m1/s1. The number of carbonyl (C=O) groups excluding carboxylic acids is 2. The van der Waals surface area contributed by atoms with E-state index >= 15 is 0 Å². The third-order valence-electron chi connectivity index (χ3n) is 3.73. The van der Waals surface area contributed by atoms with Crippen molar-refractivity contribution in [2.75, 3.05) is 0 Å². The van der Waals surface area contributed by atoms with Gasteiger partial charge in [0, 0.05) is 25.3 Å². The number of hydrogen-bond acceptors (Lipinski definition) is 4. The van der Waals surface area contributed by atoms with E-state index in [-0.39, 0.29) is 18.4 Å². The van der Waals surface area contributed by atoms with Crippen LogP contribution in [0.1, 0.15) is 30.9 Å². The van der Waals surface area contributed by atoms with E-state index in [1.54, 1.807) is 0 Å². The number of amides is 2. The number of nitrogens with one attached hydrogen (secondary N) is 2. The number of rotatable bonds is 10. The van der Waals surface area contributed by atoms with Crippen molar-refractivity contribution in [2.24, 2.45) is 0 Å². The van der Waals surface area contributed by atoms with Crippen LogP contribution in [-0.2, 0) is 31.3 Å². The Labute approximate surface area is 161 Å². The molecular formula is C17H21F2N2O6P. The van der Waals surface area contributed by atoms with Gasteiger partial charge in [0.1, 0.15) is 12.1 Å². The molecule has 0 saturated heterocycles. The smallest absolute Gasteiger partial charge is 0.326 e. The molecule has 0 bridgehead atoms. The van der Waals surface area contributed by atoms with Crippen molar-refractivity contribution in [1.29, 1.82) is 0 Å². The highest BCUT2D eigenvalue weighted by Crippen LogP contribution is 2.34. The molecule has 0 fully saturated rings. The van der Waals surface area contributed by atoms with Crippen LogP contribution in [-0.4, -0.2) is 46.0 Å². The van der Waals surface area contributed by atoms with Crippen molar-refractivity contribution in [2.45, 2.75) is 43.9 Å². The molecule has 8 nitrogen and oxygen atoms in total. The number of carbonyl (C=O) groups is 4. The summed E-state index contributed by atoms with van der Waals surface area (Å²) in [5.41, 5.74) is -2.89. The first-order valence-electron chi connectivity index (χ1n) is 8.18. The fourth-order valence-corrected chi connectivity index (χ4v) is 2.54. The van der Waals surface area contributed by atoms with Gasteiger partial charge < -0.3 is 20.8 Å². The van der Waals surface area contributed by atoms with Crippen molar-refractivity contribution in [3.8, 4) is 0 Å². The van der Waals surface area contributed by atoms with E-state index in [0.717, 1.165) is 6.92 Å². The van der Waals surface area contributed by atoms with Crippen molar-refractivity contribution >= 4 is 33.0 Å². The summed E-state index contributed by atoms with van der Waals surface area (Å²) in [6.07, 6.45) is -0.868. The van der Waals surface area contributed by atoms with Crippen molar-refractivity contribution in [3.05, 3.63) is 35.4 Å².